The van der Waals surface area contributed by atoms with Crippen LogP contribution in [-0.2, 0) is 32.2 Å². The van der Waals surface area contributed by atoms with Crippen LogP contribution in [0.3, 0.4) is 0 Å². The lowest BCUT2D eigenvalue weighted by Crippen LogP contribution is -2.66. The lowest BCUT2D eigenvalue weighted by Gasteiger charge is -2.36. The Labute approximate surface area is 214 Å². The van der Waals surface area contributed by atoms with E-state index in [0.29, 0.717) is 16.1 Å². The van der Waals surface area contributed by atoms with Gasteiger partial charge in [0.15, 0.2) is 0 Å². The van der Waals surface area contributed by atoms with E-state index in [2.05, 4.69) is 5.43 Å². The van der Waals surface area contributed by atoms with E-state index >= 15 is 0 Å². The van der Waals surface area contributed by atoms with Gasteiger partial charge in [-0.3, -0.25) is 4.79 Å². The van der Waals surface area contributed by atoms with Crippen molar-refractivity contribution in [2.75, 3.05) is 6.61 Å². The molecule has 0 saturated carbocycles. The summed E-state index contributed by atoms with van der Waals surface area (Å²) in [5.41, 5.74) is 1.40. The van der Waals surface area contributed by atoms with Gasteiger partial charge >= 0.3 is 18.2 Å². The third-order valence-electron chi connectivity index (χ3n) is 5.40. The number of hydrogen-bond acceptors (Lipinski definition) is 7. The molecule has 0 bridgehead atoms. The normalized spacial score (nSPS) is 11.9. The number of esters is 1. The topological polar surface area (TPSA) is 111 Å². The molecule has 3 rings (SSSR count). The van der Waals surface area contributed by atoms with Crippen LogP contribution in [0.25, 0.3) is 0 Å². The van der Waals surface area contributed by atoms with Crippen molar-refractivity contribution in [1.29, 1.82) is 0 Å². The number of Topliss-reactive ketones (excluding diaryl/α,β-unsaturated/α-hetero) is 1. The highest BCUT2D eigenvalue weighted by Gasteiger charge is 2.52. The van der Waals surface area contributed by atoms with E-state index in [9.17, 15) is 19.2 Å². The van der Waals surface area contributed by atoms with E-state index in [4.69, 9.17) is 14.2 Å². The second-order valence-corrected chi connectivity index (χ2v) is 8.04. The monoisotopic (exact) mass is 504 g/mol. The quantitative estimate of drug-likeness (QED) is 0.148. The molecule has 0 aliphatic carbocycles. The lowest BCUT2D eigenvalue weighted by molar-refractivity contribution is -0.154. The zero-order valence-electron chi connectivity index (χ0n) is 20.6. The number of ketones is 1. The molecule has 0 aromatic heterocycles. The van der Waals surface area contributed by atoms with Crippen molar-refractivity contribution in [3.8, 4) is 0 Å². The van der Waals surface area contributed by atoms with Gasteiger partial charge in [0.25, 0.3) is 0 Å². The summed E-state index contributed by atoms with van der Waals surface area (Å²) in [6, 6.07) is 25.6. The van der Waals surface area contributed by atoms with Crippen molar-refractivity contribution in [2.24, 2.45) is 0 Å². The molecule has 9 heteroatoms. The lowest BCUT2D eigenvalue weighted by atomic mass is 9.90. The number of amides is 2. The molecule has 3 aromatic carbocycles. The van der Waals surface area contributed by atoms with Gasteiger partial charge in [-0.1, -0.05) is 91.0 Å². The third-order valence-corrected chi connectivity index (χ3v) is 5.40. The summed E-state index contributed by atoms with van der Waals surface area (Å²) in [6.07, 6.45) is -2.22. The van der Waals surface area contributed by atoms with Crippen LogP contribution in [0, 0.1) is 0 Å². The number of benzene rings is 3. The van der Waals surface area contributed by atoms with Gasteiger partial charge in [-0.2, -0.15) is 5.01 Å². The standard InChI is InChI=1S/C28H28N2O7/c1-3-35-25(32)28(2,24(31)23-17-11-6-12-18-23)30(27(34)37-20-22-15-9-5-10-16-22)29-26(33)36-19-21-13-7-4-8-14-21/h4-18H,3,19-20H2,1-2H3,(H,29,33)/t28-/m0/s1. The van der Waals surface area contributed by atoms with Crippen LogP contribution < -0.4 is 5.43 Å². The highest BCUT2D eigenvalue weighted by atomic mass is 16.6. The molecule has 0 saturated heterocycles. The van der Waals surface area contributed by atoms with Gasteiger partial charge < -0.3 is 14.2 Å². The van der Waals surface area contributed by atoms with E-state index in [1.54, 1.807) is 79.7 Å². The zero-order chi connectivity index (χ0) is 26.7. The van der Waals surface area contributed by atoms with E-state index < -0.39 is 29.5 Å². The molecule has 0 aliphatic rings. The Morgan fingerprint density at radius 3 is 1.73 bits per heavy atom. The molecule has 192 valence electrons. The number of ether oxygens (including phenoxy) is 3. The first-order valence-electron chi connectivity index (χ1n) is 11.6. The van der Waals surface area contributed by atoms with Crippen LogP contribution in [0.5, 0.6) is 0 Å². The minimum Gasteiger partial charge on any atom is -0.464 e. The fourth-order valence-corrected chi connectivity index (χ4v) is 3.40. The summed E-state index contributed by atoms with van der Waals surface area (Å²) < 4.78 is 15.8. The van der Waals surface area contributed by atoms with E-state index in [1.807, 2.05) is 6.07 Å². The number of hydrogen-bond donors (Lipinski definition) is 1. The van der Waals surface area contributed by atoms with Gasteiger partial charge in [-0.25, -0.2) is 19.8 Å². The second kappa shape index (κ2) is 12.9. The Hall–Kier alpha value is -4.66. The van der Waals surface area contributed by atoms with E-state index in [0.717, 1.165) is 0 Å². The van der Waals surface area contributed by atoms with Gasteiger partial charge in [0, 0.05) is 5.56 Å². The molecule has 2 amide bonds. The van der Waals surface area contributed by atoms with Crippen molar-refractivity contribution in [1.82, 2.24) is 10.4 Å². The number of nitrogens with zero attached hydrogens (tertiary/aromatic N) is 1. The Morgan fingerprint density at radius 1 is 0.730 bits per heavy atom. The number of carbonyl (C=O) groups is 4. The minimum atomic E-state index is -2.31. The van der Waals surface area contributed by atoms with Crippen LogP contribution in [0.2, 0.25) is 0 Å². The molecule has 1 N–H and O–H groups in total. The highest BCUT2D eigenvalue weighted by molar-refractivity contribution is 6.17. The number of carbonyl (C=O) groups excluding carboxylic acids is 4. The first-order valence-corrected chi connectivity index (χ1v) is 11.6. The Balaban J connectivity index is 1.92. The van der Waals surface area contributed by atoms with Crippen molar-refractivity contribution in [3.63, 3.8) is 0 Å². The summed E-state index contributed by atoms with van der Waals surface area (Å²) >= 11 is 0. The molecule has 0 heterocycles. The number of rotatable bonds is 9. The first-order chi connectivity index (χ1) is 17.9. The summed E-state index contributed by atoms with van der Waals surface area (Å²) in [5.74, 6) is -1.84. The molecule has 1 atom stereocenters. The fourth-order valence-electron chi connectivity index (χ4n) is 3.40. The van der Waals surface area contributed by atoms with Crippen LogP contribution in [0.15, 0.2) is 91.0 Å². The van der Waals surface area contributed by atoms with Crippen molar-refractivity contribution < 1.29 is 33.4 Å². The van der Waals surface area contributed by atoms with Crippen molar-refractivity contribution in [3.05, 3.63) is 108 Å². The molecule has 0 spiro atoms. The molecule has 0 fully saturated rings. The largest absolute Gasteiger partial charge is 0.464 e. The maximum Gasteiger partial charge on any atom is 0.430 e. The summed E-state index contributed by atoms with van der Waals surface area (Å²) in [5, 5.41) is 0.524. The summed E-state index contributed by atoms with van der Waals surface area (Å²) in [6.45, 7) is 2.39. The van der Waals surface area contributed by atoms with Gasteiger partial charge in [-0.15, -0.1) is 0 Å². The van der Waals surface area contributed by atoms with Crippen molar-refractivity contribution in [2.45, 2.75) is 32.6 Å². The van der Waals surface area contributed by atoms with Crippen LogP contribution in [0.4, 0.5) is 9.59 Å². The molecular formula is C28H28N2O7. The fraction of sp³-hybridized carbons (Fsp3) is 0.214. The number of hydrazine groups is 1. The van der Waals surface area contributed by atoms with Gasteiger partial charge in [0.1, 0.15) is 13.2 Å². The Kier molecular flexibility index (Phi) is 9.37. The van der Waals surface area contributed by atoms with Crippen LogP contribution in [0.1, 0.15) is 35.3 Å². The molecule has 37 heavy (non-hydrogen) atoms. The average molecular weight is 505 g/mol. The third kappa shape index (κ3) is 6.94. The van der Waals surface area contributed by atoms with Crippen LogP contribution in [-0.4, -0.2) is 41.1 Å². The van der Waals surface area contributed by atoms with E-state index in [1.165, 1.54) is 19.1 Å². The molecule has 0 unspecified atom stereocenters. The van der Waals surface area contributed by atoms with Gasteiger partial charge in [0.2, 0.25) is 11.3 Å². The molecular weight excluding hydrogens is 476 g/mol. The first kappa shape index (κ1) is 26.9. The molecule has 3 aromatic rings. The predicted octanol–water partition coefficient (Wildman–Crippen LogP) is 4.67. The maximum absolute atomic E-state index is 13.6. The van der Waals surface area contributed by atoms with Gasteiger partial charge in [-0.05, 0) is 25.0 Å². The predicted molar refractivity (Wildman–Crippen MR) is 134 cm³/mol. The van der Waals surface area contributed by atoms with Crippen molar-refractivity contribution >= 4 is 23.9 Å². The number of nitrogens with one attached hydrogen (secondary N) is 1. The minimum absolute atomic E-state index is 0.0676. The Bertz CT molecular complexity index is 1200. The second-order valence-electron chi connectivity index (χ2n) is 8.04. The zero-order valence-corrected chi connectivity index (χ0v) is 20.6. The molecule has 0 radical (unpaired) electrons. The maximum atomic E-state index is 13.6. The molecule has 0 aliphatic heterocycles. The smallest absolute Gasteiger partial charge is 0.430 e. The highest BCUT2D eigenvalue weighted by Crippen LogP contribution is 2.24. The Morgan fingerprint density at radius 2 is 1.22 bits per heavy atom. The SMILES string of the molecule is CCOC(=O)[C@](C)(C(=O)c1ccccc1)N(NC(=O)OCc1ccccc1)C(=O)OCc1ccccc1. The van der Waals surface area contributed by atoms with Crippen LogP contribution >= 0.6 is 0 Å². The van der Waals surface area contributed by atoms with Gasteiger partial charge in [0.05, 0.1) is 6.61 Å². The summed E-state index contributed by atoms with van der Waals surface area (Å²) in [7, 11) is 0. The molecule has 9 nitrogen and oxygen atoms in total. The average Bonchev–Trinajstić information content (AvgIpc) is 2.94. The summed E-state index contributed by atoms with van der Waals surface area (Å²) in [4.78, 5) is 52.8. The van der Waals surface area contributed by atoms with E-state index in [-0.39, 0.29) is 25.4 Å².